The molecular weight excluding hydrogens is 246 g/mol. The van der Waals surface area contributed by atoms with Crippen molar-refractivity contribution >= 4 is 11.9 Å². The average Bonchev–Trinajstić information content (AvgIpc) is 2.43. The van der Waals surface area contributed by atoms with Gasteiger partial charge in [0.2, 0.25) is 5.91 Å². The van der Waals surface area contributed by atoms with Crippen molar-refractivity contribution in [1.29, 1.82) is 0 Å². The zero-order valence-corrected chi connectivity index (χ0v) is 11.8. The molecule has 0 aromatic heterocycles. The highest BCUT2D eigenvalue weighted by atomic mass is 16.4. The maximum atomic E-state index is 11.9. The van der Waals surface area contributed by atoms with Crippen molar-refractivity contribution in [3.05, 3.63) is 0 Å². The number of carboxylic acids is 1. The summed E-state index contributed by atoms with van der Waals surface area (Å²) in [5.41, 5.74) is 0. The van der Waals surface area contributed by atoms with Crippen molar-refractivity contribution in [1.82, 2.24) is 5.32 Å². The summed E-state index contributed by atoms with van der Waals surface area (Å²) in [6.07, 6.45) is 4.31. The van der Waals surface area contributed by atoms with Crippen molar-refractivity contribution in [2.45, 2.75) is 39.5 Å². The van der Waals surface area contributed by atoms with Gasteiger partial charge >= 0.3 is 5.97 Å². The Morgan fingerprint density at radius 2 is 1.74 bits per heavy atom. The van der Waals surface area contributed by atoms with E-state index in [1.807, 2.05) is 0 Å². The van der Waals surface area contributed by atoms with Crippen molar-refractivity contribution in [2.75, 3.05) is 13.2 Å². The quantitative estimate of drug-likeness (QED) is 0.678. The summed E-state index contributed by atoms with van der Waals surface area (Å²) < 4.78 is 0. The van der Waals surface area contributed by atoms with Crippen LogP contribution in [0.4, 0.5) is 0 Å². The van der Waals surface area contributed by atoms with Crippen molar-refractivity contribution in [3.63, 3.8) is 0 Å². The highest BCUT2D eigenvalue weighted by molar-refractivity contribution is 5.84. The molecule has 1 fully saturated rings. The number of rotatable bonds is 6. The van der Waals surface area contributed by atoms with Crippen LogP contribution in [0.5, 0.6) is 0 Å². The first kappa shape index (κ1) is 16.0. The Bertz CT molecular complexity index is 319. The van der Waals surface area contributed by atoms with Crippen LogP contribution < -0.4 is 5.32 Å². The van der Waals surface area contributed by atoms with E-state index in [1.54, 1.807) is 13.8 Å². The number of aliphatic hydroxyl groups is 1. The topological polar surface area (TPSA) is 86.6 Å². The lowest BCUT2D eigenvalue weighted by Crippen LogP contribution is -2.40. The third-order valence-corrected chi connectivity index (χ3v) is 4.39. The Labute approximate surface area is 114 Å². The Balaban J connectivity index is 2.42. The summed E-state index contributed by atoms with van der Waals surface area (Å²) in [6, 6.07) is 0. The van der Waals surface area contributed by atoms with Gasteiger partial charge in [0, 0.05) is 19.1 Å². The molecule has 110 valence electrons. The van der Waals surface area contributed by atoms with Crippen molar-refractivity contribution in [3.8, 4) is 0 Å². The molecule has 1 aliphatic rings. The third kappa shape index (κ3) is 4.49. The van der Waals surface area contributed by atoms with E-state index in [2.05, 4.69) is 5.32 Å². The average molecular weight is 271 g/mol. The highest BCUT2D eigenvalue weighted by Crippen LogP contribution is 2.29. The summed E-state index contributed by atoms with van der Waals surface area (Å²) in [6.45, 7) is 3.89. The van der Waals surface area contributed by atoms with Crippen molar-refractivity contribution < 1.29 is 19.8 Å². The summed E-state index contributed by atoms with van der Waals surface area (Å²) >= 11 is 0. The number of hydrogen-bond acceptors (Lipinski definition) is 3. The van der Waals surface area contributed by atoms with E-state index in [4.69, 9.17) is 5.11 Å². The van der Waals surface area contributed by atoms with E-state index in [0.29, 0.717) is 12.5 Å². The number of nitrogens with one attached hydrogen (secondary N) is 1. The Hall–Kier alpha value is -1.10. The highest BCUT2D eigenvalue weighted by Gasteiger charge is 2.28. The second kappa shape index (κ2) is 7.48. The molecule has 3 N–H and O–H groups in total. The molecule has 19 heavy (non-hydrogen) atoms. The van der Waals surface area contributed by atoms with E-state index >= 15 is 0 Å². The molecule has 0 spiro atoms. The molecule has 1 amide bonds. The monoisotopic (exact) mass is 271 g/mol. The fraction of sp³-hybridized carbons (Fsp3) is 0.857. The molecule has 0 bridgehead atoms. The molecule has 0 saturated heterocycles. The number of amides is 1. The molecule has 0 aromatic carbocycles. The minimum absolute atomic E-state index is 0.168. The Kier molecular flexibility index (Phi) is 6.28. The van der Waals surface area contributed by atoms with Gasteiger partial charge < -0.3 is 15.5 Å². The number of carbonyl (C=O) groups excluding carboxylic acids is 1. The van der Waals surface area contributed by atoms with Crippen LogP contribution in [0.25, 0.3) is 0 Å². The smallest absolute Gasteiger partial charge is 0.307 e. The minimum Gasteiger partial charge on any atom is -0.481 e. The number of carboxylic acid groups (broad SMARTS) is 1. The lowest BCUT2D eigenvalue weighted by atomic mass is 9.79. The van der Waals surface area contributed by atoms with E-state index in [-0.39, 0.29) is 18.4 Å². The van der Waals surface area contributed by atoms with Crippen LogP contribution in [0.3, 0.4) is 0 Å². The number of carbonyl (C=O) groups is 2. The van der Waals surface area contributed by atoms with E-state index in [1.165, 1.54) is 0 Å². The van der Waals surface area contributed by atoms with Crippen molar-refractivity contribution in [2.24, 2.45) is 23.7 Å². The maximum absolute atomic E-state index is 11.9. The van der Waals surface area contributed by atoms with Gasteiger partial charge in [-0.25, -0.2) is 0 Å². The van der Waals surface area contributed by atoms with Gasteiger partial charge in [-0.2, -0.15) is 0 Å². The molecule has 1 saturated carbocycles. The van der Waals surface area contributed by atoms with Crippen LogP contribution in [0, 0.1) is 23.7 Å². The lowest BCUT2D eigenvalue weighted by Gasteiger charge is -2.30. The number of hydrogen-bond donors (Lipinski definition) is 3. The van der Waals surface area contributed by atoms with Crippen LogP contribution in [0.2, 0.25) is 0 Å². The lowest BCUT2D eigenvalue weighted by molar-refractivity contribution is -0.146. The van der Waals surface area contributed by atoms with E-state index in [9.17, 15) is 14.7 Å². The molecule has 0 aliphatic heterocycles. The predicted octanol–water partition coefficient (Wildman–Crippen LogP) is 1.26. The first-order valence-electron chi connectivity index (χ1n) is 7.08. The van der Waals surface area contributed by atoms with Crippen LogP contribution in [-0.2, 0) is 9.59 Å². The fourth-order valence-corrected chi connectivity index (χ4v) is 2.63. The second-order valence-corrected chi connectivity index (χ2v) is 5.65. The molecule has 1 aliphatic carbocycles. The zero-order valence-electron chi connectivity index (χ0n) is 11.8. The standard InChI is InChI=1S/C14H25NO4/c1-9(10(2)14(18)19)13(17)15-7-11-5-3-4-6-12(11)8-16/h9-12,16H,3-8H2,1-2H3,(H,15,17)(H,18,19). The molecule has 1 rings (SSSR count). The molecule has 5 heteroatoms. The van der Waals surface area contributed by atoms with Gasteiger partial charge in [-0.3, -0.25) is 9.59 Å². The minimum atomic E-state index is -0.950. The summed E-state index contributed by atoms with van der Waals surface area (Å²) in [7, 11) is 0. The largest absolute Gasteiger partial charge is 0.481 e. The molecule has 0 radical (unpaired) electrons. The summed E-state index contributed by atoms with van der Waals surface area (Å²) in [4.78, 5) is 22.7. The van der Waals surface area contributed by atoms with Gasteiger partial charge in [-0.15, -0.1) is 0 Å². The number of aliphatic carboxylic acids is 1. The molecule has 0 aromatic rings. The SMILES string of the molecule is CC(C(=O)O)C(C)C(=O)NCC1CCCCC1CO. The summed E-state index contributed by atoms with van der Waals surface area (Å²) in [5.74, 6) is -1.80. The van der Waals surface area contributed by atoms with Gasteiger partial charge in [0.05, 0.1) is 5.92 Å². The fourth-order valence-electron chi connectivity index (χ4n) is 2.63. The van der Waals surface area contributed by atoms with Gasteiger partial charge in [-0.1, -0.05) is 26.7 Å². The third-order valence-electron chi connectivity index (χ3n) is 4.39. The number of aliphatic hydroxyl groups excluding tert-OH is 1. The van der Waals surface area contributed by atoms with Gasteiger partial charge in [0.1, 0.15) is 0 Å². The predicted molar refractivity (Wildman–Crippen MR) is 71.5 cm³/mol. The zero-order chi connectivity index (χ0) is 14.4. The second-order valence-electron chi connectivity index (χ2n) is 5.65. The Morgan fingerprint density at radius 1 is 1.16 bits per heavy atom. The van der Waals surface area contributed by atoms with Gasteiger partial charge in [0.25, 0.3) is 0 Å². The molecule has 4 atom stereocenters. The van der Waals surface area contributed by atoms with Crippen LogP contribution in [0.15, 0.2) is 0 Å². The van der Waals surface area contributed by atoms with Crippen LogP contribution in [-0.4, -0.2) is 35.2 Å². The molecule has 0 heterocycles. The van der Waals surface area contributed by atoms with Crippen LogP contribution >= 0.6 is 0 Å². The van der Waals surface area contributed by atoms with Crippen LogP contribution in [0.1, 0.15) is 39.5 Å². The van der Waals surface area contributed by atoms with E-state index in [0.717, 1.165) is 25.7 Å². The van der Waals surface area contributed by atoms with Gasteiger partial charge in [-0.05, 0) is 24.7 Å². The molecule has 5 nitrogen and oxygen atoms in total. The Morgan fingerprint density at radius 3 is 2.26 bits per heavy atom. The van der Waals surface area contributed by atoms with Gasteiger partial charge in [0.15, 0.2) is 0 Å². The summed E-state index contributed by atoms with van der Waals surface area (Å²) in [5, 5.41) is 21.0. The molecule has 4 unspecified atom stereocenters. The van der Waals surface area contributed by atoms with E-state index < -0.39 is 17.8 Å². The normalized spacial score (nSPS) is 26.5. The molecular formula is C14H25NO4. The first-order chi connectivity index (χ1) is 8.97. The maximum Gasteiger partial charge on any atom is 0.307 e. The first-order valence-corrected chi connectivity index (χ1v) is 7.08.